The summed E-state index contributed by atoms with van der Waals surface area (Å²) < 4.78 is 0. The molecule has 2 aromatic rings. The topological polar surface area (TPSA) is 49.4 Å². The number of hydrogen-bond acceptors (Lipinski definition) is 2. The number of carbonyl (C=O) groups excluding carboxylic acids is 2. The number of anilines is 2. The summed E-state index contributed by atoms with van der Waals surface area (Å²) in [6, 6.07) is 13.6. The fourth-order valence-electron chi connectivity index (χ4n) is 2.76. The summed E-state index contributed by atoms with van der Waals surface area (Å²) in [7, 11) is 0. The molecule has 0 fully saturated rings. The Hall–Kier alpha value is -2.62. The third-order valence-corrected chi connectivity index (χ3v) is 4.00. The quantitative estimate of drug-likeness (QED) is 0.908. The van der Waals surface area contributed by atoms with Gasteiger partial charge in [0.05, 0.1) is 0 Å². The third-order valence-electron chi connectivity index (χ3n) is 4.00. The minimum atomic E-state index is -0.203. The molecule has 0 bridgehead atoms. The lowest BCUT2D eigenvalue weighted by molar-refractivity contribution is -0.120. The van der Waals surface area contributed by atoms with Gasteiger partial charge in [-0.1, -0.05) is 42.8 Å². The second kappa shape index (κ2) is 7.77. The molecule has 126 valence electrons. The van der Waals surface area contributed by atoms with E-state index in [4.69, 9.17) is 0 Å². The van der Waals surface area contributed by atoms with E-state index in [1.807, 2.05) is 63.2 Å². The number of nitrogens with zero attached hydrogens (tertiary/aromatic N) is 1. The van der Waals surface area contributed by atoms with E-state index in [1.54, 1.807) is 0 Å². The predicted molar refractivity (Wildman–Crippen MR) is 98.4 cm³/mol. The fraction of sp³-hybridized carbons (Fsp3) is 0.300. The molecule has 2 aromatic carbocycles. The van der Waals surface area contributed by atoms with Gasteiger partial charge in [0.1, 0.15) is 6.54 Å². The summed E-state index contributed by atoms with van der Waals surface area (Å²) in [5.41, 5.74) is 4.75. The van der Waals surface area contributed by atoms with Gasteiger partial charge < -0.3 is 10.2 Å². The summed E-state index contributed by atoms with van der Waals surface area (Å²) in [4.78, 5) is 26.0. The van der Waals surface area contributed by atoms with Crippen molar-refractivity contribution >= 4 is 23.2 Å². The van der Waals surface area contributed by atoms with Gasteiger partial charge in [0.2, 0.25) is 11.8 Å². The van der Waals surface area contributed by atoms with Crippen molar-refractivity contribution in [1.82, 2.24) is 0 Å². The molecule has 1 N–H and O–H groups in total. The van der Waals surface area contributed by atoms with Crippen molar-refractivity contribution in [2.24, 2.45) is 0 Å². The SMILES string of the molecule is CCc1ccccc1NC(=O)CN(C(C)=O)c1ccc(C)cc1C. The molecule has 0 saturated carbocycles. The lowest BCUT2D eigenvalue weighted by Gasteiger charge is -2.23. The molecule has 0 saturated heterocycles. The number of aryl methyl sites for hydroxylation is 3. The Morgan fingerprint density at radius 3 is 2.42 bits per heavy atom. The molecule has 0 aromatic heterocycles. The molecule has 0 spiro atoms. The van der Waals surface area contributed by atoms with Crippen molar-refractivity contribution in [3.8, 4) is 0 Å². The monoisotopic (exact) mass is 324 g/mol. The van der Waals surface area contributed by atoms with E-state index in [2.05, 4.69) is 5.32 Å². The Labute approximate surface area is 143 Å². The van der Waals surface area contributed by atoms with Crippen LogP contribution in [-0.2, 0) is 16.0 Å². The average Bonchev–Trinajstić information content (AvgIpc) is 2.53. The van der Waals surface area contributed by atoms with Crippen molar-refractivity contribution in [1.29, 1.82) is 0 Å². The number of hydrogen-bond donors (Lipinski definition) is 1. The van der Waals surface area contributed by atoms with Crippen molar-refractivity contribution in [3.63, 3.8) is 0 Å². The van der Waals surface area contributed by atoms with Crippen molar-refractivity contribution in [3.05, 3.63) is 59.2 Å². The molecule has 0 aliphatic carbocycles. The highest BCUT2D eigenvalue weighted by Crippen LogP contribution is 2.22. The van der Waals surface area contributed by atoms with Crippen molar-refractivity contribution in [2.45, 2.75) is 34.1 Å². The second-order valence-corrected chi connectivity index (χ2v) is 5.95. The number of amides is 2. The molecule has 0 aliphatic rings. The lowest BCUT2D eigenvalue weighted by atomic mass is 10.1. The maximum atomic E-state index is 12.4. The minimum absolute atomic E-state index is 0.00270. The number of rotatable bonds is 5. The first kappa shape index (κ1) is 17.7. The van der Waals surface area contributed by atoms with Crippen LogP contribution in [0.15, 0.2) is 42.5 Å². The number of nitrogens with one attached hydrogen (secondary N) is 1. The van der Waals surface area contributed by atoms with Gasteiger partial charge in [0, 0.05) is 18.3 Å². The molecule has 4 nitrogen and oxygen atoms in total. The summed E-state index contributed by atoms with van der Waals surface area (Å²) in [5, 5.41) is 2.91. The van der Waals surface area contributed by atoms with E-state index in [0.717, 1.165) is 34.5 Å². The van der Waals surface area contributed by atoms with Crippen LogP contribution in [0.2, 0.25) is 0 Å². The van der Waals surface area contributed by atoms with Crippen LogP contribution >= 0.6 is 0 Å². The third kappa shape index (κ3) is 4.22. The maximum Gasteiger partial charge on any atom is 0.244 e. The van der Waals surface area contributed by atoms with E-state index >= 15 is 0 Å². The molecule has 2 amide bonds. The van der Waals surface area contributed by atoms with Gasteiger partial charge in [-0.2, -0.15) is 0 Å². The Kier molecular flexibility index (Phi) is 5.74. The van der Waals surface area contributed by atoms with Crippen LogP contribution in [0.4, 0.5) is 11.4 Å². The molecule has 0 atom stereocenters. The van der Waals surface area contributed by atoms with E-state index in [9.17, 15) is 9.59 Å². The number of para-hydroxylation sites is 1. The van der Waals surface area contributed by atoms with Gasteiger partial charge in [-0.05, 0) is 43.5 Å². The molecule has 0 unspecified atom stereocenters. The molecule has 0 heterocycles. The van der Waals surface area contributed by atoms with Crippen LogP contribution in [-0.4, -0.2) is 18.4 Å². The zero-order valence-electron chi connectivity index (χ0n) is 14.7. The first-order chi connectivity index (χ1) is 11.4. The highest BCUT2D eigenvalue weighted by molar-refractivity contribution is 6.02. The van der Waals surface area contributed by atoms with Gasteiger partial charge in [0.25, 0.3) is 0 Å². The van der Waals surface area contributed by atoms with Crippen LogP contribution in [0.5, 0.6) is 0 Å². The normalized spacial score (nSPS) is 10.3. The lowest BCUT2D eigenvalue weighted by Crippen LogP contribution is -2.37. The Bertz CT molecular complexity index is 753. The van der Waals surface area contributed by atoms with Gasteiger partial charge >= 0.3 is 0 Å². The van der Waals surface area contributed by atoms with Crippen LogP contribution in [0, 0.1) is 13.8 Å². The standard InChI is InChI=1S/C20H24N2O2/c1-5-17-8-6-7-9-18(17)21-20(24)13-22(16(4)23)19-11-10-14(2)12-15(19)3/h6-12H,5,13H2,1-4H3,(H,21,24). The summed E-state index contributed by atoms with van der Waals surface area (Å²) >= 11 is 0. The molecular formula is C20H24N2O2. The summed E-state index contributed by atoms with van der Waals surface area (Å²) in [6.07, 6.45) is 0.837. The highest BCUT2D eigenvalue weighted by atomic mass is 16.2. The van der Waals surface area contributed by atoms with Crippen molar-refractivity contribution < 1.29 is 9.59 Å². The summed E-state index contributed by atoms with van der Waals surface area (Å²) in [5.74, 6) is -0.355. The molecule has 24 heavy (non-hydrogen) atoms. The molecule has 2 rings (SSSR count). The average molecular weight is 324 g/mol. The Balaban J connectivity index is 2.19. The molecule has 0 radical (unpaired) electrons. The van der Waals surface area contributed by atoms with Crippen LogP contribution in [0.25, 0.3) is 0 Å². The molecule has 0 aliphatic heterocycles. The van der Waals surface area contributed by atoms with Gasteiger partial charge in [-0.25, -0.2) is 0 Å². The van der Waals surface area contributed by atoms with Crippen molar-refractivity contribution in [2.75, 3.05) is 16.8 Å². The second-order valence-electron chi connectivity index (χ2n) is 5.95. The summed E-state index contributed by atoms with van der Waals surface area (Å²) in [6.45, 7) is 7.47. The Morgan fingerprint density at radius 1 is 1.08 bits per heavy atom. The van der Waals surface area contributed by atoms with Gasteiger partial charge in [0.15, 0.2) is 0 Å². The smallest absolute Gasteiger partial charge is 0.244 e. The van der Waals surface area contributed by atoms with E-state index in [1.165, 1.54) is 11.8 Å². The Morgan fingerprint density at radius 2 is 1.79 bits per heavy atom. The van der Waals surface area contributed by atoms with E-state index < -0.39 is 0 Å². The zero-order chi connectivity index (χ0) is 17.7. The molecule has 4 heteroatoms. The first-order valence-electron chi connectivity index (χ1n) is 8.15. The number of benzene rings is 2. The number of carbonyl (C=O) groups is 2. The zero-order valence-corrected chi connectivity index (χ0v) is 14.7. The van der Waals surface area contributed by atoms with E-state index in [0.29, 0.717) is 0 Å². The van der Waals surface area contributed by atoms with Crippen LogP contribution in [0.3, 0.4) is 0 Å². The molecular weight excluding hydrogens is 300 g/mol. The predicted octanol–water partition coefficient (Wildman–Crippen LogP) is 3.86. The van der Waals surface area contributed by atoms with Gasteiger partial charge in [-0.3, -0.25) is 9.59 Å². The van der Waals surface area contributed by atoms with Gasteiger partial charge in [-0.15, -0.1) is 0 Å². The van der Waals surface area contributed by atoms with E-state index in [-0.39, 0.29) is 18.4 Å². The maximum absolute atomic E-state index is 12.4. The minimum Gasteiger partial charge on any atom is -0.324 e. The highest BCUT2D eigenvalue weighted by Gasteiger charge is 2.18. The fourth-order valence-corrected chi connectivity index (χ4v) is 2.76. The largest absolute Gasteiger partial charge is 0.324 e. The van der Waals surface area contributed by atoms with Crippen LogP contribution in [0.1, 0.15) is 30.5 Å². The first-order valence-corrected chi connectivity index (χ1v) is 8.15. The van der Waals surface area contributed by atoms with Crippen LogP contribution < -0.4 is 10.2 Å².